The van der Waals surface area contributed by atoms with Crippen LogP contribution in [0.15, 0.2) is 0 Å². The summed E-state index contributed by atoms with van der Waals surface area (Å²) in [4.78, 5) is 0. The van der Waals surface area contributed by atoms with Crippen LogP contribution in [0.4, 0.5) is 0 Å². The topological polar surface area (TPSA) is 33.3 Å². The molecule has 0 aliphatic carbocycles. The molecule has 0 bridgehead atoms. The van der Waals surface area contributed by atoms with Crippen LogP contribution < -0.4 is 10.6 Å². The highest BCUT2D eigenvalue weighted by atomic mass is 28.3. The summed E-state index contributed by atoms with van der Waals surface area (Å²) >= 11 is 0. The van der Waals surface area contributed by atoms with Crippen molar-refractivity contribution >= 4 is 8.80 Å². The van der Waals surface area contributed by atoms with Gasteiger partial charge in [-0.15, -0.1) is 0 Å². The lowest BCUT2D eigenvalue weighted by molar-refractivity contribution is 0.0495. The molecule has 2 aliphatic rings. The molecule has 2 aliphatic heterocycles. The Kier molecular flexibility index (Phi) is 3.69. The summed E-state index contributed by atoms with van der Waals surface area (Å²) in [7, 11) is 1.35. The van der Waals surface area contributed by atoms with E-state index in [0.29, 0.717) is 0 Å². The standard InChI is InChI=1S/C14H29N2OSi/c1-12(2)9-11(10-13(3,4)16-12)18-8-7-15-14(18,5)17-6/h11,15-16H,7-10H2,1-6H3. The molecule has 1 radical (unpaired) electrons. The fraction of sp³-hybridized carbons (Fsp3) is 1.00. The minimum atomic E-state index is -0.515. The molecule has 2 fully saturated rings. The van der Waals surface area contributed by atoms with Crippen LogP contribution in [0.5, 0.6) is 0 Å². The van der Waals surface area contributed by atoms with Crippen molar-refractivity contribution in [2.75, 3.05) is 13.7 Å². The van der Waals surface area contributed by atoms with E-state index in [-0.39, 0.29) is 16.4 Å². The molecule has 1 unspecified atom stereocenters. The number of methoxy groups -OCH3 is 1. The van der Waals surface area contributed by atoms with Crippen LogP contribution in [0.1, 0.15) is 47.5 Å². The van der Waals surface area contributed by atoms with E-state index in [2.05, 4.69) is 45.3 Å². The first kappa shape index (κ1) is 14.5. The van der Waals surface area contributed by atoms with Crippen LogP contribution in [-0.4, -0.2) is 38.9 Å². The van der Waals surface area contributed by atoms with Crippen molar-refractivity contribution in [1.82, 2.24) is 10.6 Å². The van der Waals surface area contributed by atoms with E-state index in [1.54, 1.807) is 0 Å². The second-order valence-electron chi connectivity index (χ2n) is 7.44. The van der Waals surface area contributed by atoms with Crippen LogP contribution >= 0.6 is 0 Å². The molecule has 4 heteroatoms. The Morgan fingerprint density at radius 2 is 1.61 bits per heavy atom. The molecule has 18 heavy (non-hydrogen) atoms. The van der Waals surface area contributed by atoms with Crippen molar-refractivity contribution in [1.29, 1.82) is 0 Å². The maximum Gasteiger partial charge on any atom is 0.113 e. The average molecular weight is 269 g/mol. The Morgan fingerprint density at radius 3 is 2.11 bits per heavy atom. The zero-order chi connectivity index (χ0) is 13.6. The summed E-state index contributed by atoms with van der Waals surface area (Å²) in [5, 5.41) is 7.34. The first-order chi connectivity index (χ1) is 8.18. The first-order valence-corrected chi connectivity index (χ1v) is 8.92. The third-order valence-corrected chi connectivity index (χ3v) is 8.35. The Labute approximate surface area is 114 Å². The second-order valence-corrected chi connectivity index (χ2v) is 10.8. The number of hydrogen-bond donors (Lipinski definition) is 2. The molecule has 2 N–H and O–H groups in total. The van der Waals surface area contributed by atoms with Crippen LogP contribution in [-0.2, 0) is 4.74 Å². The first-order valence-electron chi connectivity index (χ1n) is 7.13. The van der Waals surface area contributed by atoms with Crippen LogP contribution in [0.2, 0.25) is 11.6 Å². The smallest absolute Gasteiger partial charge is 0.113 e. The molecule has 0 aromatic carbocycles. The molecule has 2 heterocycles. The van der Waals surface area contributed by atoms with Crippen LogP contribution in [0.3, 0.4) is 0 Å². The fourth-order valence-electron chi connectivity index (χ4n) is 4.15. The van der Waals surface area contributed by atoms with Gasteiger partial charge in [0.05, 0.1) is 0 Å². The summed E-state index contributed by atoms with van der Waals surface area (Å²) in [5.74, 6) is 0. The Balaban J connectivity index is 2.17. The molecular weight excluding hydrogens is 240 g/mol. The monoisotopic (exact) mass is 269 g/mol. The Morgan fingerprint density at radius 1 is 1.06 bits per heavy atom. The van der Waals surface area contributed by atoms with Gasteiger partial charge in [-0.1, -0.05) is 0 Å². The van der Waals surface area contributed by atoms with E-state index >= 15 is 0 Å². The van der Waals surface area contributed by atoms with Gasteiger partial charge >= 0.3 is 0 Å². The minimum absolute atomic E-state index is 0.0289. The zero-order valence-corrected chi connectivity index (χ0v) is 13.8. The largest absolute Gasteiger partial charge is 0.368 e. The summed E-state index contributed by atoms with van der Waals surface area (Å²) in [6.45, 7) is 12.8. The maximum atomic E-state index is 5.81. The van der Waals surface area contributed by atoms with Gasteiger partial charge in [0.1, 0.15) is 14.1 Å². The molecule has 0 aromatic rings. The van der Waals surface area contributed by atoms with Crippen LogP contribution in [0.25, 0.3) is 0 Å². The van der Waals surface area contributed by atoms with Crippen molar-refractivity contribution in [2.24, 2.45) is 0 Å². The Hall–Kier alpha value is 0.0969. The molecule has 2 saturated heterocycles. The lowest BCUT2D eigenvalue weighted by atomic mass is 9.82. The van der Waals surface area contributed by atoms with Crippen molar-refractivity contribution in [3.05, 3.63) is 0 Å². The van der Waals surface area contributed by atoms with E-state index in [4.69, 9.17) is 4.74 Å². The van der Waals surface area contributed by atoms with Gasteiger partial charge in [-0.2, -0.15) is 0 Å². The van der Waals surface area contributed by atoms with Gasteiger partial charge in [0.2, 0.25) is 0 Å². The molecule has 0 spiro atoms. The number of nitrogens with one attached hydrogen (secondary N) is 2. The maximum absolute atomic E-state index is 5.81. The molecular formula is C14H29N2OSi. The lowest BCUT2D eigenvalue weighted by Crippen LogP contribution is -2.61. The number of rotatable bonds is 2. The van der Waals surface area contributed by atoms with E-state index < -0.39 is 8.80 Å². The highest BCUT2D eigenvalue weighted by Crippen LogP contribution is 2.43. The second kappa shape index (κ2) is 4.58. The van der Waals surface area contributed by atoms with Gasteiger partial charge in [0.25, 0.3) is 0 Å². The molecule has 1 atom stereocenters. The van der Waals surface area contributed by atoms with Crippen LogP contribution in [0, 0.1) is 0 Å². The molecule has 0 amide bonds. The SMILES string of the molecule is COC1(C)NCC[Si]1C1CC(C)(C)NC(C)(C)C1. The van der Waals surface area contributed by atoms with E-state index in [1.807, 2.05) is 7.11 Å². The van der Waals surface area contributed by atoms with Crippen molar-refractivity contribution < 1.29 is 4.74 Å². The number of piperidine rings is 1. The number of ether oxygens (including phenoxy) is 1. The lowest BCUT2D eigenvalue weighted by Gasteiger charge is -2.49. The molecule has 0 aromatic heterocycles. The summed E-state index contributed by atoms with van der Waals surface area (Å²) < 4.78 is 5.81. The summed E-state index contributed by atoms with van der Waals surface area (Å²) in [6.07, 6.45) is 2.57. The van der Waals surface area contributed by atoms with E-state index in [9.17, 15) is 0 Å². The third kappa shape index (κ3) is 2.82. The predicted molar refractivity (Wildman–Crippen MR) is 78.3 cm³/mol. The molecule has 2 rings (SSSR count). The fourth-order valence-corrected chi connectivity index (χ4v) is 8.34. The van der Waals surface area contributed by atoms with Crippen molar-refractivity contribution in [3.8, 4) is 0 Å². The van der Waals surface area contributed by atoms with E-state index in [0.717, 1.165) is 12.1 Å². The van der Waals surface area contributed by atoms with Gasteiger partial charge in [-0.05, 0) is 65.6 Å². The highest BCUT2D eigenvalue weighted by molar-refractivity contribution is 6.64. The highest BCUT2D eigenvalue weighted by Gasteiger charge is 2.49. The molecule has 0 saturated carbocycles. The molecule has 105 valence electrons. The quantitative estimate of drug-likeness (QED) is 0.755. The molecule has 3 nitrogen and oxygen atoms in total. The van der Waals surface area contributed by atoms with E-state index in [1.165, 1.54) is 18.9 Å². The zero-order valence-electron chi connectivity index (χ0n) is 12.8. The summed E-state index contributed by atoms with van der Waals surface area (Å²) in [6, 6.07) is 1.34. The predicted octanol–water partition coefficient (Wildman–Crippen LogP) is 2.30. The van der Waals surface area contributed by atoms with Gasteiger partial charge < -0.3 is 10.1 Å². The van der Waals surface area contributed by atoms with Gasteiger partial charge in [-0.3, -0.25) is 5.32 Å². The normalized spacial score (nSPS) is 37.0. The van der Waals surface area contributed by atoms with Gasteiger partial charge in [0, 0.05) is 18.2 Å². The van der Waals surface area contributed by atoms with Gasteiger partial charge in [-0.25, -0.2) is 0 Å². The third-order valence-electron chi connectivity index (χ3n) is 4.56. The Bertz CT molecular complexity index is 303. The summed E-state index contributed by atoms with van der Waals surface area (Å²) in [5.41, 5.74) is 1.34. The minimum Gasteiger partial charge on any atom is -0.368 e. The van der Waals surface area contributed by atoms with Gasteiger partial charge in [0.15, 0.2) is 0 Å². The van der Waals surface area contributed by atoms with Crippen molar-refractivity contribution in [3.63, 3.8) is 0 Å². The van der Waals surface area contributed by atoms with Crippen molar-refractivity contribution in [2.45, 2.75) is 75.5 Å². The average Bonchev–Trinajstić information content (AvgIpc) is 2.56. The number of hydrogen-bond acceptors (Lipinski definition) is 3.